The Hall–Kier alpha value is -2.41. The summed E-state index contributed by atoms with van der Waals surface area (Å²) in [5.74, 6) is 0.366. The Labute approximate surface area is 153 Å². The molecule has 0 bridgehead atoms. The topological polar surface area (TPSA) is 71.3 Å². The van der Waals surface area contributed by atoms with Crippen molar-refractivity contribution < 1.29 is 9.21 Å². The minimum absolute atomic E-state index is 0.0377. The number of anilines is 1. The number of rotatable bonds is 3. The van der Waals surface area contributed by atoms with Gasteiger partial charge in [-0.3, -0.25) is 14.8 Å². The minimum Gasteiger partial charge on any atom is -0.459 e. The van der Waals surface area contributed by atoms with Gasteiger partial charge in [0.1, 0.15) is 5.52 Å². The number of halogens is 1. The molecule has 4 rings (SSSR count). The average molecular weight is 401 g/mol. The third kappa shape index (κ3) is 3.37. The van der Waals surface area contributed by atoms with E-state index in [2.05, 4.69) is 31.2 Å². The Kier molecular flexibility index (Phi) is 4.40. The Morgan fingerprint density at radius 3 is 2.88 bits per heavy atom. The molecule has 128 valence electrons. The lowest BCUT2D eigenvalue weighted by Gasteiger charge is -2.32. The van der Waals surface area contributed by atoms with Gasteiger partial charge in [-0.25, -0.2) is 0 Å². The molecule has 3 aromatic heterocycles. The van der Waals surface area contributed by atoms with Crippen LogP contribution in [0.25, 0.3) is 11.0 Å². The van der Waals surface area contributed by atoms with Gasteiger partial charge >= 0.3 is 0 Å². The van der Waals surface area contributed by atoms with Gasteiger partial charge in [-0.1, -0.05) is 0 Å². The summed E-state index contributed by atoms with van der Waals surface area (Å²) in [5, 5.41) is 3.56. The van der Waals surface area contributed by atoms with Gasteiger partial charge in [-0.2, -0.15) is 0 Å². The molecule has 0 unspecified atom stereocenters. The number of hydrogen-bond donors (Lipinski definition) is 1. The molecule has 0 spiro atoms. The van der Waals surface area contributed by atoms with Crippen molar-refractivity contribution in [3.63, 3.8) is 0 Å². The molecule has 4 heterocycles. The molecular formula is C18H17BrN4O2. The van der Waals surface area contributed by atoms with Gasteiger partial charge in [0, 0.05) is 36.0 Å². The summed E-state index contributed by atoms with van der Waals surface area (Å²) in [6.45, 7) is 1.42. The van der Waals surface area contributed by atoms with E-state index in [1.807, 2.05) is 17.0 Å². The molecule has 7 heteroatoms. The van der Waals surface area contributed by atoms with E-state index in [1.165, 1.54) is 6.26 Å². The zero-order chi connectivity index (χ0) is 17.2. The molecular weight excluding hydrogens is 384 g/mol. The van der Waals surface area contributed by atoms with Crippen LogP contribution in [0.3, 0.4) is 0 Å². The normalized spacial score (nSPS) is 15.5. The van der Waals surface area contributed by atoms with E-state index in [0.717, 1.165) is 34.0 Å². The first-order valence-corrected chi connectivity index (χ1v) is 8.99. The van der Waals surface area contributed by atoms with E-state index >= 15 is 0 Å². The second-order valence-corrected chi connectivity index (χ2v) is 6.98. The molecule has 1 N–H and O–H groups in total. The van der Waals surface area contributed by atoms with Crippen LogP contribution in [0.2, 0.25) is 0 Å². The summed E-state index contributed by atoms with van der Waals surface area (Å²) in [7, 11) is 0. The lowest BCUT2D eigenvalue weighted by atomic mass is 10.0. The Bertz CT molecular complexity index is 889. The molecule has 25 heavy (non-hydrogen) atoms. The number of carbonyl (C=O) groups is 1. The molecule has 0 aromatic carbocycles. The second-order valence-electron chi connectivity index (χ2n) is 6.07. The highest BCUT2D eigenvalue weighted by atomic mass is 79.9. The summed E-state index contributed by atoms with van der Waals surface area (Å²) in [4.78, 5) is 23.0. The maximum atomic E-state index is 12.3. The van der Waals surface area contributed by atoms with Crippen molar-refractivity contribution in [2.24, 2.45) is 0 Å². The van der Waals surface area contributed by atoms with Gasteiger partial charge in [0.15, 0.2) is 5.76 Å². The number of piperidine rings is 1. The number of pyridine rings is 2. The van der Waals surface area contributed by atoms with E-state index in [4.69, 9.17) is 4.42 Å². The molecule has 1 fully saturated rings. The average Bonchev–Trinajstić information content (AvgIpc) is 3.16. The molecule has 6 nitrogen and oxygen atoms in total. The molecule has 1 aliphatic heterocycles. The Morgan fingerprint density at radius 1 is 1.28 bits per heavy atom. The Morgan fingerprint density at radius 2 is 2.12 bits per heavy atom. The lowest BCUT2D eigenvalue weighted by molar-refractivity contribution is 0.0686. The number of furan rings is 1. The van der Waals surface area contributed by atoms with Crippen LogP contribution in [-0.4, -0.2) is 39.9 Å². The van der Waals surface area contributed by atoms with E-state index in [0.29, 0.717) is 24.9 Å². The predicted octanol–water partition coefficient (Wildman–Crippen LogP) is 3.70. The molecule has 0 saturated carbocycles. The van der Waals surface area contributed by atoms with Crippen LogP contribution in [-0.2, 0) is 0 Å². The highest BCUT2D eigenvalue weighted by Crippen LogP contribution is 2.25. The zero-order valence-electron chi connectivity index (χ0n) is 13.5. The minimum atomic E-state index is -0.0377. The monoisotopic (exact) mass is 400 g/mol. The smallest absolute Gasteiger partial charge is 0.289 e. The van der Waals surface area contributed by atoms with E-state index in [-0.39, 0.29) is 5.91 Å². The number of hydrogen-bond acceptors (Lipinski definition) is 5. The first kappa shape index (κ1) is 16.1. The number of aromatic nitrogens is 2. The largest absolute Gasteiger partial charge is 0.459 e. The van der Waals surface area contributed by atoms with Crippen LogP contribution in [0.1, 0.15) is 23.4 Å². The van der Waals surface area contributed by atoms with E-state index in [9.17, 15) is 4.79 Å². The third-order valence-electron chi connectivity index (χ3n) is 4.42. The number of amides is 1. The summed E-state index contributed by atoms with van der Waals surface area (Å²) in [5.41, 5.74) is 2.69. The lowest BCUT2D eigenvalue weighted by Crippen LogP contribution is -2.42. The van der Waals surface area contributed by atoms with Crippen molar-refractivity contribution in [3.05, 3.63) is 53.2 Å². The van der Waals surface area contributed by atoms with Gasteiger partial charge in [0.05, 0.1) is 17.5 Å². The standard InChI is InChI=1S/C18H17BrN4O2/c19-12-10-15-17(21-11-12)14(3-6-20-15)22-13-4-7-23(8-5-13)18(24)16-2-1-9-25-16/h1-3,6,9-11,13H,4-5,7-8H2,(H,20,22). The van der Waals surface area contributed by atoms with Crippen LogP contribution in [0.15, 0.2) is 51.8 Å². The van der Waals surface area contributed by atoms with Crippen LogP contribution >= 0.6 is 15.9 Å². The van der Waals surface area contributed by atoms with Crippen molar-refractivity contribution in [1.29, 1.82) is 0 Å². The maximum Gasteiger partial charge on any atom is 0.289 e. The SMILES string of the molecule is O=C(c1ccco1)N1CCC(Nc2ccnc3cc(Br)cnc23)CC1. The van der Waals surface area contributed by atoms with Crippen molar-refractivity contribution >= 4 is 38.6 Å². The maximum absolute atomic E-state index is 12.3. The van der Waals surface area contributed by atoms with Crippen LogP contribution < -0.4 is 5.32 Å². The van der Waals surface area contributed by atoms with Crippen molar-refractivity contribution in [1.82, 2.24) is 14.9 Å². The fourth-order valence-corrected chi connectivity index (χ4v) is 3.44. The Balaban J connectivity index is 1.43. The van der Waals surface area contributed by atoms with Gasteiger partial charge < -0.3 is 14.6 Å². The van der Waals surface area contributed by atoms with Crippen LogP contribution in [0.4, 0.5) is 5.69 Å². The summed E-state index contributed by atoms with van der Waals surface area (Å²) in [6.07, 6.45) is 6.86. The quantitative estimate of drug-likeness (QED) is 0.725. The molecule has 3 aromatic rings. The van der Waals surface area contributed by atoms with Gasteiger partial charge in [-0.05, 0) is 53.0 Å². The molecule has 1 saturated heterocycles. The fourth-order valence-electron chi connectivity index (χ4n) is 3.12. The molecule has 1 amide bonds. The number of fused-ring (bicyclic) bond motifs is 1. The summed E-state index contributed by atoms with van der Waals surface area (Å²) >= 11 is 3.42. The van der Waals surface area contributed by atoms with Crippen LogP contribution in [0.5, 0.6) is 0 Å². The third-order valence-corrected chi connectivity index (χ3v) is 4.85. The highest BCUT2D eigenvalue weighted by molar-refractivity contribution is 9.10. The van der Waals surface area contributed by atoms with E-state index in [1.54, 1.807) is 24.5 Å². The highest BCUT2D eigenvalue weighted by Gasteiger charge is 2.25. The molecule has 0 radical (unpaired) electrons. The van der Waals surface area contributed by atoms with Gasteiger partial charge in [0.2, 0.25) is 0 Å². The van der Waals surface area contributed by atoms with Gasteiger partial charge in [0.25, 0.3) is 5.91 Å². The first-order chi connectivity index (χ1) is 12.2. The number of carbonyl (C=O) groups excluding carboxylic acids is 1. The number of likely N-dealkylation sites (tertiary alicyclic amines) is 1. The fraction of sp³-hybridized carbons (Fsp3) is 0.278. The number of nitrogens with zero attached hydrogens (tertiary/aromatic N) is 3. The summed E-state index contributed by atoms with van der Waals surface area (Å²) in [6, 6.07) is 7.65. The van der Waals surface area contributed by atoms with Gasteiger partial charge in [-0.15, -0.1) is 0 Å². The van der Waals surface area contributed by atoms with Crippen molar-refractivity contribution in [3.8, 4) is 0 Å². The zero-order valence-corrected chi connectivity index (χ0v) is 15.1. The molecule has 0 atom stereocenters. The molecule has 0 aliphatic carbocycles. The van der Waals surface area contributed by atoms with E-state index < -0.39 is 0 Å². The predicted molar refractivity (Wildman–Crippen MR) is 98.5 cm³/mol. The van der Waals surface area contributed by atoms with Crippen molar-refractivity contribution in [2.75, 3.05) is 18.4 Å². The molecule has 1 aliphatic rings. The van der Waals surface area contributed by atoms with Crippen LogP contribution in [0, 0.1) is 0 Å². The van der Waals surface area contributed by atoms with Crippen molar-refractivity contribution in [2.45, 2.75) is 18.9 Å². The summed E-state index contributed by atoms with van der Waals surface area (Å²) < 4.78 is 6.11. The number of nitrogens with one attached hydrogen (secondary N) is 1. The first-order valence-electron chi connectivity index (χ1n) is 8.20. The second kappa shape index (κ2) is 6.84.